The van der Waals surface area contributed by atoms with Crippen molar-refractivity contribution in [1.82, 2.24) is 9.80 Å². The number of amides is 2. The van der Waals surface area contributed by atoms with Crippen molar-refractivity contribution in [3.8, 4) is 11.5 Å². The molecular weight excluding hydrogens is 444 g/mol. The minimum absolute atomic E-state index is 0.178. The van der Waals surface area contributed by atoms with E-state index in [0.717, 1.165) is 0 Å². The molecule has 3 rings (SSSR count). The Kier molecular flexibility index (Phi) is 8.25. The van der Waals surface area contributed by atoms with Gasteiger partial charge in [0.2, 0.25) is 0 Å². The number of nitrogens with zero attached hydrogens (tertiary/aromatic N) is 3. The second kappa shape index (κ2) is 11.3. The summed E-state index contributed by atoms with van der Waals surface area (Å²) in [5.74, 6) is 0.474. The highest BCUT2D eigenvalue weighted by Crippen LogP contribution is 2.28. The molecule has 0 radical (unpaired) electrons. The zero-order chi connectivity index (χ0) is 24.7. The van der Waals surface area contributed by atoms with Crippen molar-refractivity contribution in [2.24, 2.45) is 0 Å². The van der Waals surface area contributed by atoms with Crippen LogP contribution in [0.5, 0.6) is 11.5 Å². The first-order valence-electron chi connectivity index (χ1n) is 10.7. The Bertz CT molecular complexity index is 1050. The van der Waals surface area contributed by atoms with Crippen LogP contribution in [-0.2, 0) is 4.74 Å². The maximum Gasteiger partial charge on any atom is 0.293 e. The normalized spacial score (nSPS) is 13.4. The van der Waals surface area contributed by atoms with Crippen molar-refractivity contribution < 1.29 is 28.7 Å². The van der Waals surface area contributed by atoms with E-state index in [4.69, 9.17) is 14.2 Å². The molecule has 0 bridgehead atoms. The molecule has 1 aliphatic rings. The predicted molar refractivity (Wildman–Crippen MR) is 125 cm³/mol. The van der Waals surface area contributed by atoms with Gasteiger partial charge in [0.15, 0.2) is 0 Å². The number of methoxy groups -OCH3 is 3. The molecule has 0 saturated carbocycles. The van der Waals surface area contributed by atoms with Crippen LogP contribution in [0, 0.1) is 10.1 Å². The Morgan fingerprint density at radius 2 is 1.65 bits per heavy atom. The topological polar surface area (TPSA) is 123 Å². The van der Waals surface area contributed by atoms with Gasteiger partial charge in [-0.3, -0.25) is 19.7 Å². The van der Waals surface area contributed by atoms with Gasteiger partial charge in [-0.25, -0.2) is 0 Å². The van der Waals surface area contributed by atoms with E-state index in [2.05, 4.69) is 5.32 Å². The number of nitrogens with one attached hydrogen (secondary N) is 1. The number of carbonyl (C=O) groups is 2. The number of piperazine rings is 1. The molecule has 1 fully saturated rings. The SMILES string of the molecule is COCCNc1ccc(C(=O)N2CCN(C(=O)c3ccc(OC)cc3OC)CC2)cc1[N+](=O)[O-]. The summed E-state index contributed by atoms with van der Waals surface area (Å²) < 4.78 is 15.5. The molecule has 0 spiro atoms. The number of nitro benzene ring substituents is 1. The zero-order valence-electron chi connectivity index (χ0n) is 19.4. The first kappa shape index (κ1) is 24.8. The Morgan fingerprint density at radius 3 is 2.24 bits per heavy atom. The van der Waals surface area contributed by atoms with E-state index in [9.17, 15) is 19.7 Å². The van der Waals surface area contributed by atoms with Gasteiger partial charge in [-0.05, 0) is 24.3 Å². The monoisotopic (exact) mass is 472 g/mol. The molecule has 11 heteroatoms. The van der Waals surface area contributed by atoms with Gasteiger partial charge < -0.3 is 29.3 Å². The number of hydrogen-bond donors (Lipinski definition) is 1. The van der Waals surface area contributed by atoms with E-state index < -0.39 is 4.92 Å². The highest BCUT2D eigenvalue weighted by molar-refractivity contribution is 5.98. The average Bonchev–Trinajstić information content (AvgIpc) is 2.87. The summed E-state index contributed by atoms with van der Waals surface area (Å²) in [4.78, 5) is 40.2. The summed E-state index contributed by atoms with van der Waals surface area (Å²) >= 11 is 0. The molecule has 2 aromatic rings. The Labute approximate surface area is 197 Å². The maximum absolute atomic E-state index is 13.0. The highest BCUT2D eigenvalue weighted by atomic mass is 16.6. The second-order valence-electron chi connectivity index (χ2n) is 7.56. The molecule has 0 atom stereocenters. The number of nitro groups is 1. The Balaban J connectivity index is 1.67. The fourth-order valence-corrected chi connectivity index (χ4v) is 3.69. The lowest BCUT2D eigenvalue weighted by Gasteiger charge is -2.35. The van der Waals surface area contributed by atoms with Gasteiger partial charge >= 0.3 is 0 Å². The standard InChI is InChI=1S/C23H28N4O7/c1-32-13-8-24-19-7-4-16(14-20(19)27(30)31)22(28)25-9-11-26(12-10-25)23(29)18-6-5-17(33-2)15-21(18)34-3/h4-7,14-15,24H,8-13H2,1-3H3. The number of anilines is 1. The number of carbonyl (C=O) groups excluding carboxylic acids is 2. The summed E-state index contributed by atoms with van der Waals surface area (Å²) in [5.41, 5.74) is 0.778. The van der Waals surface area contributed by atoms with Gasteiger partial charge in [0.05, 0.1) is 31.3 Å². The van der Waals surface area contributed by atoms with Crippen molar-refractivity contribution in [2.75, 3.05) is 66.0 Å². The van der Waals surface area contributed by atoms with Crippen molar-refractivity contribution in [3.05, 3.63) is 57.6 Å². The Hall–Kier alpha value is -3.86. The highest BCUT2D eigenvalue weighted by Gasteiger charge is 2.28. The first-order valence-corrected chi connectivity index (χ1v) is 10.7. The number of ether oxygens (including phenoxy) is 3. The lowest BCUT2D eigenvalue weighted by atomic mass is 10.1. The molecule has 34 heavy (non-hydrogen) atoms. The van der Waals surface area contributed by atoms with Crippen LogP contribution in [0.2, 0.25) is 0 Å². The van der Waals surface area contributed by atoms with E-state index >= 15 is 0 Å². The van der Waals surface area contributed by atoms with Crippen LogP contribution in [0.15, 0.2) is 36.4 Å². The van der Waals surface area contributed by atoms with Gasteiger partial charge in [0, 0.05) is 57.5 Å². The number of rotatable bonds is 9. The van der Waals surface area contributed by atoms with Crippen molar-refractivity contribution in [2.45, 2.75) is 0 Å². The van der Waals surface area contributed by atoms with E-state index in [-0.39, 0.29) is 23.1 Å². The minimum atomic E-state index is -0.523. The quantitative estimate of drug-likeness (QED) is 0.335. The van der Waals surface area contributed by atoms with E-state index in [0.29, 0.717) is 62.1 Å². The lowest BCUT2D eigenvalue weighted by Crippen LogP contribution is -2.50. The molecule has 1 aliphatic heterocycles. The Morgan fingerprint density at radius 1 is 0.971 bits per heavy atom. The van der Waals surface area contributed by atoms with Gasteiger partial charge in [0.25, 0.3) is 17.5 Å². The van der Waals surface area contributed by atoms with Crippen LogP contribution < -0.4 is 14.8 Å². The average molecular weight is 472 g/mol. The van der Waals surface area contributed by atoms with E-state index in [1.54, 1.807) is 41.2 Å². The molecule has 0 aromatic heterocycles. The number of hydrogen-bond acceptors (Lipinski definition) is 8. The maximum atomic E-state index is 13.0. The fourth-order valence-electron chi connectivity index (χ4n) is 3.69. The smallest absolute Gasteiger partial charge is 0.293 e. The largest absolute Gasteiger partial charge is 0.497 e. The molecule has 0 unspecified atom stereocenters. The summed E-state index contributed by atoms with van der Waals surface area (Å²) in [6, 6.07) is 9.35. The summed E-state index contributed by atoms with van der Waals surface area (Å²) in [6.07, 6.45) is 0. The molecule has 2 aromatic carbocycles. The van der Waals surface area contributed by atoms with E-state index in [1.165, 1.54) is 26.4 Å². The summed E-state index contributed by atoms with van der Waals surface area (Å²) in [6.45, 7) is 2.08. The molecule has 1 heterocycles. The first-order chi connectivity index (χ1) is 16.4. The third-order valence-electron chi connectivity index (χ3n) is 5.56. The second-order valence-corrected chi connectivity index (χ2v) is 7.56. The van der Waals surface area contributed by atoms with Gasteiger partial charge in [-0.2, -0.15) is 0 Å². The van der Waals surface area contributed by atoms with Crippen LogP contribution in [0.1, 0.15) is 20.7 Å². The molecular formula is C23H28N4O7. The number of benzene rings is 2. The molecule has 0 aliphatic carbocycles. The van der Waals surface area contributed by atoms with Crippen molar-refractivity contribution >= 4 is 23.2 Å². The van der Waals surface area contributed by atoms with Crippen molar-refractivity contribution in [3.63, 3.8) is 0 Å². The predicted octanol–water partition coefficient (Wildman–Crippen LogP) is 2.27. The molecule has 11 nitrogen and oxygen atoms in total. The zero-order valence-corrected chi connectivity index (χ0v) is 19.4. The van der Waals surface area contributed by atoms with Crippen LogP contribution in [0.4, 0.5) is 11.4 Å². The molecule has 182 valence electrons. The van der Waals surface area contributed by atoms with E-state index in [1.807, 2.05) is 0 Å². The summed E-state index contributed by atoms with van der Waals surface area (Å²) in [7, 11) is 4.56. The lowest BCUT2D eigenvalue weighted by molar-refractivity contribution is -0.384. The van der Waals surface area contributed by atoms with Crippen LogP contribution in [0.25, 0.3) is 0 Å². The summed E-state index contributed by atoms with van der Waals surface area (Å²) in [5, 5.41) is 14.4. The van der Waals surface area contributed by atoms with Gasteiger partial charge in [-0.15, -0.1) is 0 Å². The van der Waals surface area contributed by atoms with Gasteiger partial charge in [0.1, 0.15) is 17.2 Å². The molecule has 1 N–H and O–H groups in total. The van der Waals surface area contributed by atoms with Gasteiger partial charge in [-0.1, -0.05) is 0 Å². The van der Waals surface area contributed by atoms with Crippen molar-refractivity contribution in [1.29, 1.82) is 0 Å². The molecule has 1 saturated heterocycles. The van der Waals surface area contributed by atoms with Crippen LogP contribution in [-0.4, -0.2) is 87.2 Å². The third-order valence-corrected chi connectivity index (χ3v) is 5.56. The minimum Gasteiger partial charge on any atom is -0.497 e. The molecule has 2 amide bonds. The van der Waals surface area contributed by atoms with Crippen LogP contribution in [0.3, 0.4) is 0 Å². The van der Waals surface area contributed by atoms with Crippen LogP contribution >= 0.6 is 0 Å². The third kappa shape index (κ3) is 5.54. The fraction of sp³-hybridized carbons (Fsp3) is 0.391.